The summed E-state index contributed by atoms with van der Waals surface area (Å²) in [5.41, 5.74) is 0.590. The Hall–Kier alpha value is -3.02. The third-order valence-electron chi connectivity index (χ3n) is 4.39. The molecule has 1 N–H and O–H groups in total. The van der Waals surface area contributed by atoms with E-state index in [0.29, 0.717) is 24.4 Å². The van der Waals surface area contributed by atoms with Crippen LogP contribution in [0.5, 0.6) is 11.5 Å². The number of carbonyl (C=O) groups excluding carboxylic acids is 2. The summed E-state index contributed by atoms with van der Waals surface area (Å²) in [6, 6.07) is 13.2. The number of esters is 1. The van der Waals surface area contributed by atoms with E-state index >= 15 is 0 Å². The largest absolute Gasteiger partial charge is 0.507 e. The number of aromatic hydroxyl groups is 1. The van der Waals surface area contributed by atoms with Gasteiger partial charge in [0.2, 0.25) is 6.10 Å². The second-order valence-electron chi connectivity index (χ2n) is 6.11. The Balaban J connectivity index is 1.85. The molecule has 0 radical (unpaired) electrons. The van der Waals surface area contributed by atoms with Crippen molar-refractivity contribution in [1.29, 1.82) is 0 Å². The molecule has 3 rings (SSSR count). The number of rotatable bonds is 5. The van der Waals surface area contributed by atoms with E-state index in [1.54, 1.807) is 35.2 Å². The molecule has 0 unspecified atom stereocenters. The zero-order valence-electron chi connectivity index (χ0n) is 14.6. The van der Waals surface area contributed by atoms with Crippen molar-refractivity contribution in [3.8, 4) is 11.5 Å². The lowest BCUT2D eigenvalue weighted by molar-refractivity contribution is -0.140. The molecule has 1 aliphatic rings. The van der Waals surface area contributed by atoms with Gasteiger partial charge in [-0.2, -0.15) is 0 Å². The average molecular weight is 355 g/mol. The molecule has 0 saturated carbocycles. The number of methoxy groups -OCH3 is 1. The number of nitrogens with zero attached hydrogens (tertiary/aromatic N) is 1. The summed E-state index contributed by atoms with van der Waals surface area (Å²) in [7, 11) is 1.47. The van der Waals surface area contributed by atoms with Gasteiger partial charge in [0.15, 0.2) is 0 Å². The number of phenols is 1. The highest BCUT2D eigenvalue weighted by Gasteiger charge is 2.31. The van der Waals surface area contributed by atoms with Gasteiger partial charge in [0.25, 0.3) is 5.91 Å². The minimum absolute atomic E-state index is 0.0130. The normalized spacial score (nSPS) is 14.7. The summed E-state index contributed by atoms with van der Waals surface area (Å²) >= 11 is 0. The van der Waals surface area contributed by atoms with Crippen LogP contribution in [0.2, 0.25) is 0 Å². The van der Waals surface area contributed by atoms with Gasteiger partial charge >= 0.3 is 5.97 Å². The SMILES string of the molecule is COc1ccc(C(=O)O[C@H](C(=O)N2CCCC2)c2ccccc2)c(O)c1. The first-order chi connectivity index (χ1) is 12.6. The molecular weight excluding hydrogens is 334 g/mol. The molecule has 136 valence electrons. The van der Waals surface area contributed by atoms with E-state index in [2.05, 4.69) is 0 Å². The van der Waals surface area contributed by atoms with Crippen molar-refractivity contribution in [3.05, 3.63) is 59.7 Å². The summed E-state index contributed by atoms with van der Waals surface area (Å²) in [5.74, 6) is -0.830. The fraction of sp³-hybridized carbons (Fsp3) is 0.300. The van der Waals surface area contributed by atoms with Crippen LogP contribution >= 0.6 is 0 Å². The first-order valence-corrected chi connectivity index (χ1v) is 8.52. The van der Waals surface area contributed by atoms with Gasteiger partial charge in [0.1, 0.15) is 17.1 Å². The van der Waals surface area contributed by atoms with Crippen LogP contribution in [0.25, 0.3) is 0 Å². The maximum atomic E-state index is 12.9. The number of hydrogen-bond donors (Lipinski definition) is 1. The number of phenolic OH excluding ortho intramolecular Hbond substituents is 1. The Morgan fingerprint density at radius 1 is 1.08 bits per heavy atom. The molecule has 0 bridgehead atoms. The van der Waals surface area contributed by atoms with Gasteiger partial charge in [-0.25, -0.2) is 4.79 Å². The van der Waals surface area contributed by atoms with Crippen LogP contribution in [0.4, 0.5) is 0 Å². The third-order valence-corrected chi connectivity index (χ3v) is 4.39. The second kappa shape index (κ2) is 7.91. The fourth-order valence-corrected chi connectivity index (χ4v) is 2.97. The molecule has 1 fully saturated rings. The van der Waals surface area contributed by atoms with Crippen molar-refractivity contribution in [2.24, 2.45) is 0 Å². The molecule has 26 heavy (non-hydrogen) atoms. The zero-order valence-corrected chi connectivity index (χ0v) is 14.6. The van der Waals surface area contributed by atoms with Crippen LogP contribution in [0.15, 0.2) is 48.5 Å². The fourth-order valence-electron chi connectivity index (χ4n) is 2.97. The first kappa shape index (κ1) is 17.8. The molecule has 2 aromatic carbocycles. The van der Waals surface area contributed by atoms with Crippen molar-refractivity contribution < 1.29 is 24.2 Å². The maximum Gasteiger partial charge on any atom is 0.343 e. The van der Waals surface area contributed by atoms with Crippen LogP contribution in [0, 0.1) is 0 Å². The molecule has 0 aliphatic carbocycles. The van der Waals surface area contributed by atoms with Gasteiger partial charge in [0.05, 0.1) is 7.11 Å². The van der Waals surface area contributed by atoms with Crippen LogP contribution in [-0.4, -0.2) is 42.1 Å². The maximum absolute atomic E-state index is 12.9. The summed E-state index contributed by atoms with van der Waals surface area (Å²) < 4.78 is 10.5. The molecular formula is C20H21NO5. The minimum atomic E-state index is -1.04. The summed E-state index contributed by atoms with van der Waals surface area (Å²) in [6.07, 6.45) is 0.851. The summed E-state index contributed by atoms with van der Waals surface area (Å²) in [5, 5.41) is 10.1. The minimum Gasteiger partial charge on any atom is -0.507 e. The van der Waals surface area contributed by atoms with E-state index in [0.717, 1.165) is 12.8 Å². The standard InChI is InChI=1S/C20H21NO5/c1-25-15-9-10-16(17(22)13-15)20(24)26-18(14-7-3-2-4-8-14)19(23)21-11-5-6-12-21/h2-4,7-10,13,18,22H,5-6,11-12H2,1H3/t18-/m0/s1. The van der Waals surface area contributed by atoms with Gasteiger partial charge in [-0.15, -0.1) is 0 Å². The number of benzene rings is 2. The predicted octanol–water partition coefficient (Wildman–Crippen LogP) is 2.92. The molecule has 2 aromatic rings. The van der Waals surface area contributed by atoms with E-state index in [4.69, 9.17) is 9.47 Å². The highest BCUT2D eigenvalue weighted by molar-refractivity contribution is 5.95. The van der Waals surface area contributed by atoms with E-state index in [-0.39, 0.29) is 17.2 Å². The second-order valence-corrected chi connectivity index (χ2v) is 6.11. The number of carbonyl (C=O) groups is 2. The van der Waals surface area contributed by atoms with E-state index in [9.17, 15) is 14.7 Å². The van der Waals surface area contributed by atoms with Crippen LogP contribution in [0.1, 0.15) is 34.9 Å². The molecule has 1 aliphatic heterocycles. The van der Waals surface area contributed by atoms with E-state index in [1.165, 1.54) is 19.2 Å². The first-order valence-electron chi connectivity index (χ1n) is 8.52. The monoisotopic (exact) mass is 355 g/mol. The van der Waals surface area contributed by atoms with Crippen molar-refractivity contribution in [3.63, 3.8) is 0 Å². The van der Waals surface area contributed by atoms with Gasteiger partial charge in [-0.1, -0.05) is 30.3 Å². The average Bonchev–Trinajstić information content (AvgIpc) is 3.20. The van der Waals surface area contributed by atoms with Gasteiger partial charge in [-0.3, -0.25) is 4.79 Å². The van der Waals surface area contributed by atoms with E-state index in [1.807, 2.05) is 6.07 Å². The Labute approximate surface area is 152 Å². The quantitative estimate of drug-likeness (QED) is 0.835. The summed E-state index contributed by atoms with van der Waals surface area (Å²) in [4.78, 5) is 27.1. The van der Waals surface area contributed by atoms with Gasteiger partial charge in [-0.05, 0) is 25.0 Å². The topological polar surface area (TPSA) is 76.1 Å². The predicted molar refractivity (Wildman–Crippen MR) is 95.1 cm³/mol. The molecule has 6 heteroatoms. The molecule has 1 amide bonds. The smallest absolute Gasteiger partial charge is 0.343 e. The Kier molecular flexibility index (Phi) is 5.41. The molecule has 0 spiro atoms. The van der Waals surface area contributed by atoms with Crippen LogP contribution in [-0.2, 0) is 9.53 Å². The number of hydrogen-bond acceptors (Lipinski definition) is 5. The van der Waals surface area contributed by atoms with Crippen molar-refractivity contribution in [2.45, 2.75) is 18.9 Å². The Bertz CT molecular complexity index is 784. The molecule has 6 nitrogen and oxygen atoms in total. The van der Waals surface area contributed by atoms with E-state index < -0.39 is 12.1 Å². The molecule has 0 aromatic heterocycles. The molecule has 1 atom stereocenters. The lowest BCUT2D eigenvalue weighted by Gasteiger charge is -2.23. The third kappa shape index (κ3) is 3.79. The number of ether oxygens (including phenoxy) is 2. The number of amides is 1. The van der Waals surface area contributed by atoms with Gasteiger partial charge in [0, 0.05) is 24.7 Å². The highest BCUT2D eigenvalue weighted by Crippen LogP contribution is 2.28. The molecule has 1 saturated heterocycles. The van der Waals surface area contributed by atoms with Gasteiger partial charge < -0.3 is 19.5 Å². The molecule has 1 heterocycles. The lowest BCUT2D eigenvalue weighted by Crippen LogP contribution is -2.34. The van der Waals surface area contributed by atoms with Crippen molar-refractivity contribution >= 4 is 11.9 Å². The Morgan fingerprint density at radius 3 is 2.38 bits per heavy atom. The highest BCUT2D eigenvalue weighted by atomic mass is 16.5. The van der Waals surface area contributed by atoms with Crippen LogP contribution < -0.4 is 4.74 Å². The lowest BCUT2D eigenvalue weighted by atomic mass is 10.1. The van der Waals surface area contributed by atoms with Crippen molar-refractivity contribution in [1.82, 2.24) is 4.90 Å². The Morgan fingerprint density at radius 2 is 1.77 bits per heavy atom. The van der Waals surface area contributed by atoms with Crippen molar-refractivity contribution in [2.75, 3.05) is 20.2 Å². The van der Waals surface area contributed by atoms with Crippen LogP contribution in [0.3, 0.4) is 0 Å². The summed E-state index contributed by atoms with van der Waals surface area (Å²) in [6.45, 7) is 1.32. The number of likely N-dealkylation sites (tertiary alicyclic amines) is 1. The zero-order chi connectivity index (χ0) is 18.5.